The van der Waals surface area contributed by atoms with E-state index in [0.29, 0.717) is 22.8 Å². The second kappa shape index (κ2) is 4.74. The Morgan fingerprint density at radius 1 is 0.955 bits per heavy atom. The molecule has 3 aliphatic carbocycles. The number of likely N-dealkylation sites (tertiary alicyclic amines) is 1. The first-order valence-corrected chi connectivity index (χ1v) is 9.63. The van der Waals surface area contributed by atoms with E-state index in [4.69, 9.17) is 0 Å². The molecule has 0 aromatic rings. The fourth-order valence-corrected chi connectivity index (χ4v) is 7.41. The van der Waals surface area contributed by atoms with E-state index < -0.39 is 0 Å². The minimum Gasteiger partial charge on any atom is -0.342 e. The minimum atomic E-state index is 0.385. The van der Waals surface area contributed by atoms with Gasteiger partial charge in [-0.2, -0.15) is 0 Å². The van der Waals surface area contributed by atoms with Crippen LogP contribution < -0.4 is 0 Å². The predicted molar refractivity (Wildman–Crippen MR) is 89.3 cm³/mol. The average molecular weight is 303 g/mol. The maximum absolute atomic E-state index is 12.2. The number of hydrogen-bond donors (Lipinski definition) is 0. The molecule has 4 rings (SSSR count). The van der Waals surface area contributed by atoms with Crippen LogP contribution >= 0.6 is 0 Å². The number of hydrogen-bond acceptors (Lipinski definition) is 1. The van der Waals surface area contributed by atoms with Crippen molar-refractivity contribution in [2.24, 2.45) is 34.5 Å². The van der Waals surface area contributed by atoms with E-state index in [1.165, 1.54) is 38.5 Å². The lowest BCUT2D eigenvalue weighted by molar-refractivity contribution is -0.158. The maximum atomic E-state index is 12.2. The van der Waals surface area contributed by atoms with Gasteiger partial charge in [0.05, 0.1) is 0 Å². The Bertz CT molecular complexity index is 488. The van der Waals surface area contributed by atoms with Crippen LogP contribution in [0.1, 0.15) is 72.1 Å². The van der Waals surface area contributed by atoms with Gasteiger partial charge in [-0.1, -0.05) is 20.8 Å². The molecule has 0 spiro atoms. The molecule has 4 fully saturated rings. The molecule has 1 heterocycles. The standard InChI is InChI=1S/C20H33NO/c1-13-5-7-15-14-6-8-17-20(3,12-10-18(22)21(17)4)16(14)9-11-19(13,15)2/h13-17H,5-12H2,1-4H3/t13-,14?,15?,16?,17+,19+,20+/m0/s1. The molecule has 4 aliphatic rings. The summed E-state index contributed by atoms with van der Waals surface area (Å²) in [5, 5.41) is 0. The SMILES string of the molecule is C[C@H]1CCC2C3CC[C@H]4N(C)C(=O)CC[C@]4(C)C3CC[C@@]21C. The van der Waals surface area contributed by atoms with E-state index >= 15 is 0 Å². The van der Waals surface area contributed by atoms with Crippen LogP contribution in [0.15, 0.2) is 0 Å². The zero-order valence-corrected chi connectivity index (χ0v) is 14.9. The Hall–Kier alpha value is -0.530. The molecule has 1 saturated heterocycles. The summed E-state index contributed by atoms with van der Waals surface area (Å²) in [6.07, 6.45) is 10.3. The van der Waals surface area contributed by atoms with Gasteiger partial charge in [-0.25, -0.2) is 0 Å². The molecule has 2 heteroatoms. The van der Waals surface area contributed by atoms with Crippen LogP contribution in [-0.4, -0.2) is 23.9 Å². The summed E-state index contributed by atoms with van der Waals surface area (Å²) in [4.78, 5) is 14.3. The first-order chi connectivity index (χ1) is 10.4. The Kier molecular flexibility index (Phi) is 3.24. The molecule has 2 nitrogen and oxygen atoms in total. The van der Waals surface area contributed by atoms with Crippen LogP contribution in [-0.2, 0) is 4.79 Å². The van der Waals surface area contributed by atoms with Crippen molar-refractivity contribution in [1.29, 1.82) is 0 Å². The molecule has 1 aliphatic heterocycles. The Morgan fingerprint density at radius 2 is 1.68 bits per heavy atom. The van der Waals surface area contributed by atoms with Gasteiger partial charge in [-0.15, -0.1) is 0 Å². The lowest BCUT2D eigenvalue weighted by Gasteiger charge is -2.61. The topological polar surface area (TPSA) is 20.3 Å². The lowest BCUT2D eigenvalue weighted by Crippen LogP contribution is -2.61. The van der Waals surface area contributed by atoms with Crippen molar-refractivity contribution < 1.29 is 4.79 Å². The van der Waals surface area contributed by atoms with E-state index in [9.17, 15) is 4.79 Å². The van der Waals surface area contributed by atoms with Crippen molar-refractivity contribution in [2.75, 3.05) is 7.05 Å². The molecule has 22 heavy (non-hydrogen) atoms. The van der Waals surface area contributed by atoms with Crippen LogP contribution in [0.4, 0.5) is 0 Å². The number of fused-ring (bicyclic) bond motifs is 5. The van der Waals surface area contributed by atoms with Gasteiger partial charge in [0.15, 0.2) is 0 Å². The van der Waals surface area contributed by atoms with E-state index in [2.05, 4.69) is 32.7 Å². The van der Waals surface area contributed by atoms with Crippen molar-refractivity contribution in [3.8, 4) is 0 Å². The maximum Gasteiger partial charge on any atom is 0.222 e. The van der Waals surface area contributed by atoms with Gasteiger partial charge < -0.3 is 4.90 Å². The Labute approximate surface area is 136 Å². The first-order valence-electron chi connectivity index (χ1n) is 9.63. The van der Waals surface area contributed by atoms with E-state index in [-0.39, 0.29) is 0 Å². The number of rotatable bonds is 0. The second-order valence-corrected chi connectivity index (χ2v) is 9.50. The van der Waals surface area contributed by atoms with Crippen LogP contribution in [0.5, 0.6) is 0 Å². The van der Waals surface area contributed by atoms with Gasteiger partial charge in [0.2, 0.25) is 5.91 Å². The van der Waals surface area contributed by atoms with E-state index in [0.717, 1.165) is 36.5 Å². The molecular formula is C20H33NO. The molecule has 0 aromatic heterocycles. The smallest absolute Gasteiger partial charge is 0.222 e. The highest BCUT2D eigenvalue weighted by Crippen LogP contribution is 2.65. The van der Waals surface area contributed by atoms with E-state index in [1.54, 1.807) is 0 Å². The molecule has 7 atom stereocenters. The van der Waals surface area contributed by atoms with Gasteiger partial charge >= 0.3 is 0 Å². The summed E-state index contributed by atoms with van der Waals surface area (Å²) >= 11 is 0. The van der Waals surface area contributed by atoms with Crippen molar-refractivity contribution >= 4 is 5.91 Å². The molecule has 3 unspecified atom stereocenters. The first kappa shape index (κ1) is 15.0. The highest BCUT2D eigenvalue weighted by molar-refractivity contribution is 5.77. The highest BCUT2D eigenvalue weighted by atomic mass is 16.2. The summed E-state index contributed by atoms with van der Waals surface area (Å²) < 4.78 is 0. The van der Waals surface area contributed by atoms with Crippen molar-refractivity contribution in [1.82, 2.24) is 4.90 Å². The summed E-state index contributed by atoms with van der Waals surface area (Å²) in [7, 11) is 2.06. The van der Waals surface area contributed by atoms with Crippen LogP contribution in [0.25, 0.3) is 0 Å². The Balaban J connectivity index is 1.65. The van der Waals surface area contributed by atoms with Crippen molar-refractivity contribution in [2.45, 2.75) is 78.2 Å². The zero-order chi connectivity index (χ0) is 15.7. The Morgan fingerprint density at radius 3 is 2.45 bits per heavy atom. The van der Waals surface area contributed by atoms with Crippen molar-refractivity contribution in [3.05, 3.63) is 0 Å². The molecule has 124 valence electrons. The summed E-state index contributed by atoms with van der Waals surface area (Å²) in [6.45, 7) is 7.62. The molecule has 3 saturated carbocycles. The number of carbonyl (C=O) groups excluding carboxylic acids is 1. The predicted octanol–water partition coefficient (Wildman–Crippen LogP) is 4.49. The number of piperidine rings is 1. The van der Waals surface area contributed by atoms with Crippen LogP contribution in [0.3, 0.4) is 0 Å². The monoisotopic (exact) mass is 303 g/mol. The fourth-order valence-electron chi connectivity index (χ4n) is 7.41. The quantitative estimate of drug-likeness (QED) is 0.646. The highest BCUT2D eigenvalue weighted by Gasteiger charge is 2.60. The largest absolute Gasteiger partial charge is 0.342 e. The zero-order valence-electron chi connectivity index (χ0n) is 14.9. The van der Waals surface area contributed by atoms with Gasteiger partial charge in [0.25, 0.3) is 0 Å². The molecular weight excluding hydrogens is 270 g/mol. The summed E-state index contributed by atoms with van der Waals surface area (Å²) in [5.41, 5.74) is 0.999. The average Bonchev–Trinajstić information content (AvgIpc) is 2.79. The third-order valence-corrected chi connectivity index (χ3v) is 9.03. The molecule has 0 bridgehead atoms. The molecule has 1 amide bonds. The van der Waals surface area contributed by atoms with Gasteiger partial charge in [-0.05, 0) is 79.4 Å². The normalized spacial score (nSPS) is 54.6. The molecule has 0 aromatic carbocycles. The minimum absolute atomic E-state index is 0.385. The van der Waals surface area contributed by atoms with Gasteiger partial charge in [-0.3, -0.25) is 4.79 Å². The number of carbonyl (C=O) groups is 1. The third-order valence-electron chi connectivity index (χ3n) is 9.03. The lowest BCUT2D eigenvalue weighted by atomic mass is 9.47. The second-order valence-electron chi connectivity index (χ2n) is 9.50. The number of nitrogens with zero attached hydrogens (tertiary/aromatic N) is 1. The van der Waals surface area contributed by atoms with Crippen LogP contribution in [0, 0.1) is 34.5 Å². The van der Waals surface area contributed by atoms with Crippen LogP contribution in [0.2, 0.25) is 0 Å². The summed E-state index contributed by atoms with van der Waals surface area (Å²) in [6, 6.07) is 0.512. The van der Waals surface area contributed by atoms with Crippen molar-refractivity contribution in [3.63, 3.8) is 0 Å². The van der Waals surface area contributed by atoms with Gasteiger partial charge in [0.1, 0.15) is 0 Å². The van der Waals surface area contributed by atoms with Gasteiger partial charge in [0, 0.05) is 19.5 Å². The molecule has 0 N–H and O–H groups in total. The molecule has 0 radical (unpaired) electrons. The summed E-state index contributed by atoms with van der Waals surface area (Å²) in [5.74, 6) is 4.06. The number of amides is 1. The fraction of sp³-hybridized carbons (Fsp3) is 0.950. The third kappa shape index (κ3) is 1.76. The van der Waals surface area contributed by atoms with E-state index in [1.807, 2.05) is 0 Å².